The monoisotopic (exact) mass is 1480 g/mol. The van der Waals surface area contributed by atoms with Crippen molar-refractivity contribution in [2.75, 3.05) is 82.8 Å². The van der Waals surface area contributed by atoms with Crippen LogP contribution < -0.4 is 21.3 Å². The molecule has 34 nitrogen and oxygen atoms in total. The highest BCUT2D eigenvalue weighted by Crippen LogP contribution is 2.30. The average molecular weight is 1480 g/mol. The van der Waals surface area contributed by atoms with Crippen LogP contribution in [0.3, 0.4) is 0 Å². The summed E-state index contributed by atoms with van der Waals surface area (Å²) in [6, 6.07) is 0.897. The van der Waals surface area contributed by atoms with Gasteiger partial charge < -0.3 is 82.9 Å². The number of nitrogens with zero attached hydrogens (tertiary/aromatic N) is 3. The van der Waals surface area contributed by atoms with E-state index in [4.69, 9.17) is 47.5 Å². The lowest BCUT2D eigenvalue weighted by atomic mass is 9.86. The zero-order valence-corrected chi connectivity index (χ0v) is 64.3. The molecule has 1 aliphatic rings. The van der Waals surface area contributed by atoms with Gasteiger partial charge in [-0.1, -0.05) is 98.6 Å². The largest absolute Gasteiger partial charge is 0.481 e. The summed E-state index contributed by atoms with van der Waals surface area (Å²) in [7, 11) is 9.73. The standard InChI is InChI=1S/C24H37N3O7.C14H20N2O6.C13H18N2O6.C10H18O4.C5H10O2.C4H8O2/c1-13(2)8-17(21(29)24(6)12-33-24)25-22(30)16(14(3)4)10-20(28)19(11-32-7)26-23(31)18-9-15(5)34-27-18;1-8(14(19)21-4)5-12(17)11(7-20-3)15-13(18)10-6-9(2)22-16-10;1-7(13(18)19)4-11(16)10(6-20-3)14-12(17)9-5-8(2)21-15-9;1-7(10(12)14-4)5-9(11)8(2)6-13-3;1-4(2)5(6)7-3;1-3(2)4(5)6/h9,13-14,16-17,19H,8,10-12H2,1-7H3,(H,25,30)(H,26,31);6,8,11H,5,7H2,1-4H3,(H,15,18);5,7,10H,4,6H2,1-3H3,(H,14,17)(H,18,19);7-8H,5-6H2,1-4H3;4H,1-3H3;3H,1-2H3,(H,5,6)/t16-,17-,19-,24+;8-,11+;7-,10+;7-,8+;;/m0111../s1. The topological polar surface area (TPSA) is 483 Å². The maximum Gasteiger partial charge on any atom is 0.308 e. The molecule has 588 valence electrons. The Morgan fingerprint density at radius 3 is 1.02 bits per heavy atom. The smallest absolute Gasteiger partial charge is 0.308 e. The van der Waals surface area contributed by atoms with Crippen molar-refractivity contribution in [3.05, 3.63) is 52.6 Å². The lowest BCUT2D eigenvalue weighted by Gasteiger charge is -2.27. The molecule has 34 heteroatoms. The van der Waals surface area contributed by atoms with Crippen LogP contribution in [0.25, 0.3) is 0 Å². The van der Waals surface area contributed by atoms with Gasteiger partial charge in [0.2, 0.25) is 5.91 Å². The molecule has 0 radical (unpaired) electrons. The fourth-order valence-corrected chi connectivity index (χ4v) is 8.48. The number of aromatic nitrogens is 3. The molecule has 1 saturated heterocycles. The normalized spacial score (nSPS) is 15.2. The zero-order valence-electron chi connectivity index (χ0n) is 64.3. The Balaban J connectivity index is 0. The zero-order chi connectivity index (χ0) is 80.5. The second kappa shape index (κ2) is 50.4. The van der Waals surface area contributed by atoms with Gasteiger partial charge in [0.15, 0.2) is 40.2 Å². The molecule has 0 aliphatic carbocycles. The lowest BCUT2D eigenvalue weighted by Crippen LogP contribution is -2.50. The van der Waals surface area contributed by atoms with Crippen LogP contribution in [0.2, 0.25) is 0 Å². The molecule has 1 fully saturated rings. The fraction of sp³-hybridized carbons (Fsp3) is 0.671. The van der Waals surface area contributed by atoms with Crippen LogP contribution in [0.4, 0.5) is 0 Å². The van der Waals surface area contributed by atoms with Crippen LogP contribution >= 0.6 is 0 Å². The number of carboxylic acids is 2. The predicted octanol–water partition coefficient (Wildman–Crippen LogP) is 5.33. The van der Waals surface area contributed by atoms with Crippen molar-refractivity contribution < 1.29 is 129 Å². The first kappa shape index (κ1) is 97.1. The van der Waals surface area contributed by atoms with Crippen molar-refractivity contribution >= 4 is 82.4 Å². The van der Waals surface area contributed by atoms with E-state index in [-0.39, 0.29) is 139 Å². The highest BCUT2D eigenvalue weighted by Gasteiger charge is 2.50. The van der Waals surface area contributed by atoms with E-state index in [0.29, 0.717) is 36.9 Å². The summed E-state index contributed by atoms with van der Waals surface area (Å²) in [5.41, 5.74) is -0.681. The molecule has 0 bridgehead atoms. The first-order valence-electron chi connectivity index (χ1n) is 33.4. The summed E-state index contributed by atoms with van der Waals surface area (Å²) in [6.45, 7) is 28.3. The number of ether oxygens (including phenoxy) is 8. The molecule has 0 aromatic carbocycles. The summed E-state index contributed by atoms with van der Waals surface area (Å²) in [6.07, 6.45) is 0.325. The van der Waals surface area contributed by atoms with Gasteiger partial charge >= 0.3 is 29.8 Å². The molecular formula is C70H111N7O27. The Hall–Kier alpha value is -8.99. The van der Waals surface area contributed by atoms with E-state index >= 15 is 0 Å². The van der Waals surface area contributed by atoms with Crippen LogP contribution in [0.5, 0.6) is 0 Å². The highest BCUT2D eigenvalue weighted by atomic mass is 16.6. The molecule has 6 N–H and O–H groups in total. The Morgan fingerprint density at radius 1 is 0.442 bits per heavy atom. The molecule has 0 spiro atoms. The van der Waals surface area contributed by atoms with E-state index in [1.807, 2.05) is 27.7 Å². The number of rotatable bonds is 38. The number of esters is 3. The number of epoxide rings is 1. The van der Waals surface area contributed by atoms with Crippen molar-refractivity contribution in [2.24, 2.45) is 53.3 Å². The van der Waals surface area contributed by atoms with Crippen LogP contribution in [-0.4, -0.2) is 221 Å². The van der Waals surface area contributed by atoms with Gasteiger partial charge in [-0.3, -0.25) is 67.1 Å². The lowest BCUT2D eigenvalue weighted by molar-refractivity contribution is -0.147. The van der Waals surface area contributed by atoms with Crippen LogP contribution in [-0.2, 0) is 90.6 Å². The van der Waals surface area contributed by atoms with E-state index in [1.165, 1.54) is 67.8 Å². The number of methoxy groups -OCH3 is 7. The molecule has 1 aliphatic heterocycles. The van der Waals surface area contributed by atoms with E-state index in [9.17, 15) is 67.1 Å². The van der Waals surface area contributed by atoms with Crippen molar-refractivity contribution in [3.8, 4) is 0 Å². The van der Waals surface area contributed by atoms with Gasteiger partial charge in [-0.15, -0.1) is 0 Å². The fourth-order valence-electron chi connectivity index (χ4n) is 8.48. The molecule has 4 amide bonds. The number of aryl methyl sites for hydroxylation is 3. The molecule has 10 atom stereocenters. The van der Waals surface area contributed by atoms with E-state index in [0.717, 1.165) is 0 Å². The van der Waals surface area contributed by atoms with Crippen LogP contribution in [0.1, 0.15) is 171 Å². The van der Waals surface area contributed by atoms with Gasteiger partial charge in [0.05, 0.1) is 90.0 Å². The molecule has 3 aromatic heterocycles. The number of aliphatic carboxylic acids is 2. The molecule has 4 rings (SSSR count). The van der Waals surface area contributed by atoms with Gasteiger partial charge in [-0.25, -0.2) is 0 Å². The number of carbonyl (C=O) groups excluding carboxylic acids is 12. The summed E-state index contributed by atoms with van der Waals surface area (Å²) in [5.74, 6) is -7.53. The van der Waals surface area contributed by atoms with Crippen LogP contribution in [0.15, 0.2) is 31.8 Å². The van der Waals surface area contributed by atoms with Gasteiger partial charge in [0.25, 0.3) is 17.7 Å². The van der Waals surface area contributed by atoms with Crippen molar-refractivity contribution in [1.29, 1.82) is 0 Å². The third-order valence-electron chi connectivity index (χ3n) is 14.9. The minimum absolute atomic E-state index is 0.00463. The Labute approximate surface area is 607 Å². The number of ketones is 5. The molecule has 0 unspecified atom stereocenters. The van der Waals surface area contributed by atoms with Crippen molar-refractivity contribution in [3.63, 3.8) is 0 Å². The average Bonchev–Trinajstić information content (AvgIpc) is 1.64. The number of carboxylic acid groups (broad SMARTS) is 2. The van der Waals surface area contributed by atoms with Gasteiger partial charge in [0, 0.05) is 84.2 Å². The number of nitrogens with one attached hydrogen (secondary N) is 4. The van der Waals surface area contributed by atoms with Crippen molar-refractivity contribution in [2.45, 2.75) is 173 Å². The van der Waals surface area contributed by atoms with Gasteiger partial charge in [0.1, 0.15) is 46.8 Å². The summed E-state index contributed by atoms with van der Waals surface area (Å²) < 4.78 is 53.1. The molecule has 4 heterocycles. The maximum absolute atomic E-state index is 13.2. The van der Waals surface area contributed by atoms with E-state index in [1.54, 1.807) is 83.3 Å². The molecule has 0 saturated carbocycles. The predicted molar refractivity (Wildman–Crippen MR) is 370 cm³/mol. The first-order chi connectivity index (χ1) is 48.4. The SMILES string of the molecule is CC(C)C(=O)O.COC(=O)C(C)C.COC[C@H](C)C(=O)C[C@@H](C)C(=O)OC.COC[C@H](NC(=O)c1cc(C)on1)C(=O)C[C@@H](C)C(=O)O.COC[C@H](NC(=O)c1cc(C)on1)C(=O)C[C@@H](C)C(=O)OC.COC[C@H](NC(=O)c1cc(C)on1)C(=O)C[C@H](C(=O)N[C@@H](CC(C)C)C(=O)[C@@]1(C)CO1)C(C)C. The number of amides is 4. The third-order valence-corrected chi connectivity index (χ3v) is 14.9. The maximum atomic E-state index is 13.2. The number of carbonyl (C=O) groups is 14. The highest BCUT2D eigenvalue weighted by molar-refractivity contribution is 6.00. The summed E-state index contributed by atoms with van der Waals surface area (Å²) in [4.78, 5) is 164. The Kier molecular flexibility index (Phi) is 47.1. The number of hydrogen-bond donors (Lipinski definition) is 6. The van der Waals surface area contributed by atoms with Crippen molar-refractivity contribution in [1.82, 2.24) is 36.7 Å². The molecular weight excluding hydrogens is 1370 g/mol. The van der Waals surface area contributed by atoms with E-state index in [2.05, 4.69) is 50.9 Å². The second-order valence-electron chi connectivity index (χ2n) is 26.1. The van der Waals surface area contributed by atoms with Gasteiger partial charge in [-0.2, -0.15) is 0 Å². The molecule has 3 aromatic rings. The van der Waals surface area contributed by atoms with Gasteiger partial charge in [-0.05, 0) is 46.0 Å². The Morgan fingerprint density at radius 2 is 0.769 bits per heavy atom. The van der Waals surface area contributed by atoms with Crippen LogP contribution in [0, 0.1) is 74.0 Å². The minimum Gasteiger partial charge on any atom is -0.481 e. The number of hydrogen-bond acceptors (Lipinski definition) is 28. The molecule has 104 heavy (non-hydrogen) atoms. The second-order valence-corrected chi connectivity index (χ2v) is 26.1. The third kappa shape index (κ3) is 38.5. The quantitative estimate of drug-likeness (QED) is 0.0240. The van der Waals surface area contributed by atoms with E-state index < -0.39 is 88.9 Å². The number of Topliss-reactive ketones (excluding diaryl/α,β-unsaturated/α-hetero) is 5. The Bertz CT molecular complexity index is 3220. The summed E-state index contributed by atoms with van der Waals surface area (Å²) >= 11 is 0. The first-order valence-corrected chi connectivity index (χ1v) is 33.4. The summed E-state index contributed by atoms with van der Waals surface area (Å²) in [5, 5.41) is 38.0. The minimum atomic E-state index is -1.07.